The number of para-hydroxylation sites is 1. The van der Waals surface area contributed by atoms with E-state index in [9.17, 15) is 4.79 Å². The summed E-state index contributed by atoms with van der Waals surface area (Å²) in [6, 6.07) is 19.2. The first kappa shape index (κ1) is 19.5. The van der Waals surface area contributed by atoms with E-state index in [0.717, 1.165) is 22.3 Å². The highest BCUT2D eigenvalue weighted by Crippen LogP contribution is 2.24. The molecule has 3 rings (SSSR count). The Morgan fingerprint density at radius 1 is 1.25 bits per heavy atom. The zero-order valence-corrected chi connectivity index (χ0v) is 16.3. The molecule has 1 heterocycles. The lowest BCUT2D eigenvalue weighted by Gasteiger charge is -2.21. The fraction of sp³-hybridized carbons (Fsp3) is 0.190. The van der Waals surface area contributed by atoms with Gasteiger partial charge in [-0.05, 0) is 24.3 Å². The molecule has 142 valence electrons. The molecule has 0 radical (unpaired) electrons. The van der Waals surface area contributed by atoms with Crippen molar-refractivity contribution in [3.63, 3.8) is 0 Å². The van der Waals surface area contributed by atoms with Gasteiger partial charge < -0.3 is 9.64 Å². The predicted octanol–water partition coefficient (Wildman–Crippen LogP) is 3.92. The summed E-state index contributed by atoms with van der Waals surface area (Å²) in [5.41, 5.74) is 1.70. The van der Waals surface area contributed by atoms with Gasteiger partial charge >= 0.3 is 0 Å². The van der Waals surface area contributed by atoms with Crippen LogP contribution in [0.2, 0.25) is 0 Å². The Labute approximate surface area is 168 Å². The monoisotopic (exact) mass is 392 g/mol. The van der Waals surface area contributed by atoms with Gasteiger partial charge in [-0.2, -0.15) is 5.26 Å². The van der Waals surface area contributed by atoms with Gasteiger partial charge in [0.05, 0.1) is 31.0 Å². The van der Waals surface area contributed by atoms with Crippen molar-refractivity contribution >= 4 is 23.4 Å². The van der Waals surface area contributed by atoms with Crippen LogP contribution in [0, 0.1) is 11.3 Å². The zero-order chi connectivity index (χ0) is 19.8. The van der Waals surface area contributed by atoms with Gasteiger partial charge in [0.15, 0.2) is 5.16 Å². The van der Waals surface area contributed by atoms with E-state index in [1.54, 1.807) is 18.2 Å². The normalized spacial score (nSPS) is 10.3. The van der Waals surface area contributed by atoms with Crippen molar-refractivity contribution in [3.05, 3.63) is 67.0 Å². The zero-order valence-electron chi connectivity index (χ0n) is 15.5. The average molecular weight is 392 g/mol. The summed E-state index contributed by atoms with van der Waals surface area (Å²) >= 11 is 1.36. The molecule has 0 spiro atoms. The molecular weight excluding hydrogens is 372 g/mol. The second-order valence-corrected chi connectivity index (χ2v) is 6.80. The molecule has 0 N–H and O–H groups in total. The minimum atomic E-state index is -0.0633. The van der Waals surface area contributed by atoms with Crippen LogP contribution in [0.3, 0.4) is 0 Å². The Kier molecular flexibility index (Phi) is 6.71. The number of hydrogen-bond donors (Lipinski definition) is 0. The van der Waals surface area contributed by atoms with E-state index in [1.165, 1.54) is 11.8 Å². The van der Waals surface area contributed by atoms with Gasteiger partial charge in [-0.1, -0.05) is 36.0 Å². The number of rotatable bonds is 8. The molecule has 0 aliphatic carbocycles. The Morgan fingerprint density at radius 2 is 2.07 bits per heavy atom. The van der Waals surface area contributed by atoms with Crippen LogP contribution in [0.25, 0.3) is 5.69 Å². The van der Waals surface area contributed by atoms with Gasteiger partial charge in [-0.3, -0.25) is 9.36 Å². The topological polar surface area (TPSA) is 71.2 Å². The number of imidazole rings is 1. The number of thioether (sulfide) groups is 1. The van der Waals surface area contributed by atoms with Gasteiger partial charge in [0.2, 0.25) is 5.91 Å². The van der Waals surface area contributed by atoms with Gasteiger partial charge in [0.25, 0.3) is 0 Å². The Balaban J connectivity index is 1.73. The van der Waals surface area contributed by atoms with E-state index < -0.39 is 0 Å². The van der Waals surface area contributed by atoms with Crippen molar-refractivity contribution in [1.29, 1.82) is 5.26 Å². The molecule has 0 aliphatic rings. The number of benzene rings is 2. The van der Waals surface area contributed by atoms with Crippen LogP contribution in [0.4, 0.5) is 5.69 Å². The highest BCUT2D eigenvalue weighted by Gasteiger charge is 2.17. The van der Waals surface area contributed by atoms with Crippen molar-refractivity contribution < 1.29 is 9.53 Å². The van der Waals surface area contributed by atoms with Gasteiger partial charge in [-0.25, -0.2) is 4.98 Å². The molecule has 0 unspecified atom stereocenters. The number of carbonyl (C=O) groups excluding carboxylic acids is 1. The molecule has 7 heteroatoms. The molecule has 1 aromatic heterocycles. The Hall–Kier alpha value is -3.24. The van der Waals surface area contributed by atoms with Crippen LogP contribution < -0.4 is 9.64 Å². The maximum absolute atomic E-state index is 12.8. The summed E-state index contributed by atoms with van der Waals surface area (Å²) in [4.78, 5) is 18.9. The first-order valence-corrected chi connectivity index (χ1v) is 9.74. The SMILES string of the molecule is COc1cccc(-n2ccnc2SCC(=O)N(CCC#N)c2ccccc2)c1. The van der Waals surface area contributed by atoms with E-state index in [4.69, 9.17) is 10.00 Å². The maximum Gasteiger partial charge on any atom is 0.237 e. The first-order chi connectivity index (χ1) is 13.7. The number of ether oxygens (including phenoxy) is 1. The minimum absolute atomic E-state index is 0.0633. The lowest BCUT2D eigenvalue weighted by atomic mass is 10.2. The minimum Gasteiger partial charge on any atom is -0.497 e. The van der Waals surface area contributed by atoms with Crippen LogP contribution in [0.15, 0.2) is 72.1 Å². The summed E-state index contributed by atoms with van der Waals surface area (Å²) in [6.07, 6.45) is 3.84. The highest BCUT2D eigenvalue weighted by molar-refractivity contribution is 7.99. The molecule has 0 bridgehead atoms. The summed E-state index contributed by atoms with van der Waals surface area (Å²) in [7, 11) is 1.63. The van der Waals surface area contributed by atoms with Gasteiger partial charge in [0.1, 0.15) is 5.75 Å². The van der Waals surface area contributed by atoms with Crippen molar-refractivity contribution in [3.8, 4) is 17.5 Å². The second kappa shape index (κ2) is 9.62. The van der Waals surface area contributed by atoms with Crippen LogP contribution >= 0.6 is 11.8 Å². The van der Waals surface area contributed by atoms with Crippen LogP contribution in [0.1, 0.15) is 6.42 Å². The molecule has 6 nitrogen and oxygen atoms in total. The number of amides is 1. The summed E-state index contributed by atoms with van der Waals surface area (Å²) in [5, 5.41) is 9.63. The quantitative estimate of drug-likeness (QED) is 0.544. The fourth-order valence-electron chi connectivity index (χ4n) is 2.73. The van der Waals surface area contributed by atoms with E-state index in [1.807, 2.05) is 65.4 Å². The first-order valence-electron chi connectivity index (χ1n) is 8.76. The number of anilines is 1. The van der Waals surface area contributed by atoms with Gasteiger partial charge in [0, 0.05) is 30.7 Å². The third kappa shape index (κ3) is 4.72. The van der Waals surface area contributed by atoms with Crippen molar-refractivity contribution in [2.45, 2.75) is 11.6 Å². The number of methoxy groups -OCH3 is 1. The molecule has 0 saturated heterocycles. The lowest BCUT2D eigenvalue weighted by Crippen LogP contribution is -2.33. The molecule has 0 atom stereocenters. The molecule has 2 aromatic carbocycles. The summed E-state index contributed by atoms with van der Waals surface area (Å²) < 4.78 is 7.20. The van der Waals surface area contributed by atoms with Crippen molar-refractivity contribution in [2.75, 3.05) is 24.3 Å². The molecule has 0 aliphatic heterocycles. The number of hydrogen-bond acceptors (Lipinski definition) is 5. The van der Waals surface area contributed by atoms with Crippen molar-refractivity contribution in [1.82, 2.24) is 9.55 Å². The van der Waals surface area contributed by atoms with Gasteiger partial charge in [-0.15, -0.1) is 0 Å². The van der Waals surface area contributed by atoms with E-state index >= 15 is 0 Å². The lowest BCUT2D eigenvalue weighted by molar-refractivity contribution is -0.116. The number of carbonyl (C=O) groups is 1. The molecule has 1 amide bonds. The molecular formula is C21H20N4O2S. The van der Waals surface area contributed by atoms with Crippen molar-refractivity contribution in [2.24, 2.45) is 0 Å². The van der Waals surface area contributed by atoms with E-state index in [-0.39, 0.29) is 18.1 Å². The molecule has 28 heavy (non-hydrogen) atoms. The van der Waals surface area contributed by atoms with E-state index in [0.29, 0.717) is 6.54 Å². The van der Waals surface area contributed by atoms with Crippen LogP contribution in [0.5, 0.6) is 5.75 Å². The van der Waals surface area contributed by atoms with Crippen LogP contribution in [-0.4, -0.2) is 34.9 Å². The molecule has 3 aromatic rings. The molecule has 0 saturated carbocycles. The van der Waals surface area contributed by atoms with Crippen LogP contribution in [-0.2, 0) is 4.79 Å². The number of nitrogens with zero attached hydrogens (tertiary/aromatic N) is 4. The fourth-order valence-corrected chi connectivity index (χ4v) is 3.57. The Morgan fingerprint density at radius 3 is 2.82 bits per heavy atom. The highest BCUT2D eigenvalue weighted by atomic mass is 32.2. The van der Waals surface area contributed by atoms with E-state index in [2.05, 4.69) is 11.1 Å². The Bertz CT molecular complexity index is 966. The third-order valence-corrected chi connectivity index (χ3v) is 5.03. The third-order valence-electron chi connectivity index (χ3n) is 4.08. The average Bonchev–Trinajstić information content (AvgIpc) is 3.22. The summed E-state index contributed by atoms with van der Waals surface area (Å²) in [6.45, 7) is 0.365. The summed E-state index contributed by atoms with van der Waals surface area (Å²) in [5.74, 6) is 0.915. The predicted molar refractivity (Wildman–Crippen MR) is 110 cm³/mol. The maximum atomic E-state index is 12.8. The smallest absolute Gasteiger partial charge is 0.237 e. The second-order valence-electron chi connectivity index (χ2n) is 5.86. The largest absolute Gasteiger partial charge is 0.497 e. The molecule has 0 fully saturated rings. The number of aromatic nitrogens is 2. The standard InChI is InChI=1S/C21H20N4O2S/c1-27-19-10-5-9-18(15-19)25-14-12-23-21(25)28-16-20(26)24(13-6-11-22)17-7-3-2-4-8-17/h2-5,7-10,12,14-15H,6,13,16H2,1H3. The number of nitriles is 1.